The van der Waals surface area contributed by atoms with Gasteiger partial charge in [-0.3, -0.25) is 0 Å². The third-order valence-electron chi connectivity index (χ3n) is 14.0. The molecule has 4 fully saturated rings. The monoisotopic (exact) mass is 711 g/mol. The first-order chi connectivity index (χ1) is 26.9. The van der Waals surface area contributed by atoms with E-state index in [-0.39, 0.29) is 10.8 Å². The number of rotatable bonds is 5. The predicted molar refractivity (Wildman–Crippen MR) is 223 cm³/mol. The van der Waals surface area contributed by atoms with Gasteiger partial charge < -0.3 is 0 Å². The van der Waals surface area contributed by atoms with E-state index in [1.54, 1.807) is 16.7 Å². The fourth-order valence-electron chi connectivity index (χ4n) is 11.8. The Kier molecular flexibility index (Phi) is 7.40. The zero-order valence-electron chi connectivity index (χ0n) is 31.6. The Morgan fingerprint density at radius 2 is 0.782 bits per heavy atom. The van der Waals surface area contributed by atoms with E-state index in [9.17, 15) is 0 Å². The molecule has 55 heavy (non-hydrogen) atoms. The van der Waals surface area contributed by atoms with Crippen LogP contribution >= 0.6 is 0 Å². The van der Waals surface area contributed by atoms with Crippen molar-refractivity contribution in [3.8, 4) is 56.4 Å². The summed E-state index contributed by atoms with van der Waals surface area (Å²) in [5.74, 6) is 5.31. The lowest BCUT2D eigenvalue weighted by atomic mass is 9.39. The second kappa shape index (κ2) is 12.4. The van der Waals surface area contributed by atoms with Crippen LogP contribution < -0.4 is 0 Å². The summed E-state index contributed by atoms with van der Waals surface area (Å²) in [6.07, 6.45) is 7.01. The average Bonchev–Trinajstić information content (AvgIpc) is 3.24. The fraction of sp³-hybridized carbons (Fsp3) is 0.250. The van der Waals surface area contributed by atoms with Crippen LogP contribution in [-0.4, -0.2) is 15.0 Å². The number of aromatic nitrogens is 3. The minimum Gasteiger partial charge on any atom is -0.208 e. The van der Waals surface area contributed by atoms with Crippen LogP contribution in [0.1, 0.15) is 68.2 Å². The zero-order valence-corrected chi connectivity index (χ0v) is 31.6. The summed E-state index contributed by atoms with van der Waals surface area (Å²) in [4.78, 5) is 14.9. The van der Waals surface area contributed by atoms with E-state index in [2.05, 4.69) is 129 Å². The second-order valence-electron chi connectivity index (χ2n) is 17.3. The highest BCUT2D eigenvalue weighted by Gasteiger charge is 2.62. The molecule has 0 aliphatic heterocycles. The second-order valence-corrected chi connectivity index (χ2v) is 17.3. The van der Waals surface area contributed by atoms with Crippen LogP contribution in [-0.2, 0) is 10.8 Å². The van der Waals surface area contributed by atoms with E-state index >= 15 is 0 Å². The van der Waals surface area contributed by atoms with E-state index in [0.29, 0.717) is 17.5 Å². The van der Waals surface area contributed by atoms with Gasteiger partial charge in [0.05, 0.1) is 0 Å². The van der Waals surface area contributed by atoms with Crippen molar-refractivity contribution in [2.75, 3.05) is 0 Å². The molecule has 4 saturated carbocycles. The summed E-state index contributed by atoms with van der Waals surface area (Å²) in [6, 6.07) is 55.2. The molecule has 5 aliphatic carbocycles. The van der Waals surface area contributed by atoms with Gasteiger partial charge in [-0.05, 0) is 118 Å². The van der Waals surface area contributed by atoms with Crippen molar-refractivity contribution in [3.05, 3.63) is 174 Å². The highest BCUT2D eigenvalue weighted by molar-refractivity contribution is 5.78. The van der Waals surface area contributed by atoms with Gasteiger partial charge >= 0.3 is 0 Å². The maximum Gasteiger partial charge on any atom is 0.164 e. The lowest BCUT2D eigenvalue weighted by Crippen LogP contribution is -2.58. The highest BCUT2D eigenvalue weighted by atomic mass is 15.0. The first-order valence-electron chi connectivity index (χ1n) is 20.3. The van der Waals surface area contributed by atoms with Crippen molar-refractivity contribution in [1.82, 2.24) is 15.0 Å². The van der Waals surface area contributed by atoms with Gasteiger partial charge in [-0.1, -0.05) is 147 Å². The van der Waals surface area contributed by atoms with Gasteiger partial charge in [0.1, 0.15) is 0 Å². The summed E-state index contributed by atoms with van der Waals surface area (Å²) >= 11 is 0. The van der Waals surface area contributed by atoms with E-state index in [1.807, 2.05) is 36.4 Å². The van der Waals surface area contributed by atoms with Gasteiger partial charge in [-0.2, -0.15) is 0 Å². The van der Waals surface area contributed by atoms with Crippen molar-refractivity contribution in [2.45, 2.75) is 56.8 Å². The van der Waals surface area contributed by atoms with Gasteiger partial charge in [0, 0.05) is 27.5 Å². The van der Waals surface area contributed by atoms with Crippen LogP contribution in [0.4, 0.5) is 0 Å². The van der Waals surface area contributed by atoms with E-state index in [1.165, 1.54) is 54.4 Å². The molecule has 5 aliphatic rings. The van der Waals surface area contributed by atoms with Gasteiger partial charge in [-0.25, -0.2) is 15.0 Å². The Morgan fingerprint density at radius 3 is 1.35 bits per heavy atom. The third kappa shape index (κ3) is 5.12. The number of hydrogen-bond acceptors (Lipinski definition) is 3. The Morgan fingerprint density at radius 1 is 0.364 bits per heavy atom. The highest BCUT2D eigenvalue weighted by Crippen LogP contribution is 2.68. The lowest BCUT2D eigenvalue weighted by molar-refractivity contribution is -0.0443. The van der Waals surface area contributed by atoms with Gasteiger partial charge in [-0.15, -0.1) is 0 Å². The molecule has 3 heteroatoms. The molecule has 0 N–H and O–H groups in total. The van der Waals surface area contributed by atoms with Crippen molar-refractivity contribution >= 4 is 0 Å². The van der Waals surface area contributed by atoms with Crippen molar-refractivity contribution < 1.29 is 0 Å². The lowest BCUT2D eigenvalue weighted by Gasteiger charge is -2.64. The average molecular weight is 712 g/mol. The molecule has 1 aromatic heterocycles. The number of benzene rings is 6. The van der Waals surface area contributed by atoms with Crippen LogP contribution in [0.3, 0.4) is 0 Å². The minimum absolute atomic E-state index is 0.0392. The first-order valence-corrected chi connectivity index (χ1v) is 20.3. The van der Waals surface area contributed by atoms with E-state index in [4.69, 9.17) is 15.0 Å². The number of fused-ring (bicyclic) bond motifs is 2. The van der Waals surface area contributed by atoms with Crippen LogP contribution in [0, 0.1) is 23.7 Å². The van der Waals surface area contributed by atoms with E-state index < -0.39 is 0 Å². The third-order valence-corrected chi connectivity index (χ3v) is 14.0. The molecule has 6 aromatic carbocycles. The number of nitrogens with zero attached hydrogens (tertiary/aromatic N) is 3. The molecule has 0 unspecified atom stereocenters. The Bertz CT molecular complexity index is 2500. The summed E-state index contributed by atoms with van der Waals surface area (Å²) in [7, 11) is 0. The molecule has 1 spiro atoms. The van der Waals surface area contributed by atoms with Crippen LogP contribution in [0.5, 0.6) is 0 Å². The number of hydrogen-bond donors (Lipinski definition) is 0. The minimum atomic E-state index is -0.0392. The molecule has 4 bridgehead atoms. The Hall–Kier alpha value is -5.67. The molecule has 0 atom stereocenters. The summed E-state index contributed by atoms with van der Waals surface area (Å²) in [5.41, 5.74) is 14.2. The Labute approximate surface area is 324 Å². The van der Waals surface area contributed by atoms with Gasteiger partial charge in [0.25, 0.3) is 0 Å². The van der Waals surface area contributed by atoms with E-state index in [0.717, 1.165) is 45.9 Å². The normalized spacial score (nSPS) is 24.0. The van der Waals surface area contributed by atoms with Gasteiger partial charge in [0.2, 0.25) is 0 Å². The Balaban J connectivity index is 1.01. The molecular formula is C52H45N3. The summed E-state index contributed by atoms with van der Waals surface area (Å²) < 4.78 is 0. The van der Waals surface area contributed by atoms with Crippen molar-refractivity contribution in [2.24, 2.45) is 23.7 Å². The van der Waals surface area contributed by atoms with Crippen LogP contribution in [0.15, 0.2) is 152 Å². The maximum atomic E-state index is 5.02. The molecule has 3 nitrogen and oxygen atoms in total. The maximum absolute atomic E-state index is 5.02. The standard InChI is InChI=1S/C52H45N3/c1-51(2)44-21-9-10-22-46(44)52(42-26-33-25-34(28-42)29-43(52)27-33)47-32-40(23-24-45(47)51)38-18-11-17-37(30-38)39-19-12-20-41(31-39)50-54-48(35-13-5-3-6-14-35)53-49(55-50)36-15-7-4-8-16-36/h3-24,30-34,42-43H,25-29H2,1-2H3. The zero-order chi connectivity index (χ0) is 36.7. The quantitative estimate of drug-likeness (QED) is 0.178. The SMILES string of the molecule is CC1(C)c2ccccc2C2(c3cc(-c4cccc(-c5cccc(-c6nc(-c7ccccc7)nc(-c7ccccc7)n6)c5)c4)ccc31)C1CC3CC(C1)CC2C3. The summed E-state index contributed by atoms with van der Waals surface area (Å²) in [6.45, 7) is 4.91. The first kappa shape index (κ1) is 32.7. The van der Waals surface area contributed by atoms with Crippen LogP contribution in [0.25, 0.3) is 56.4 Å². The molecule has 0 radical (unpaired) electrons. The van der Waals surface area contributed by atoms with Crippen molar-refractivity contribution in [3.63, 3.8) is 0 Å². The largest absolute Gasteiger partial charge is 0.208 e. The van der Waals surface area contributed by atoms with Crippen molar-refractivity contribution in [1.29, 1.82) is 0 Å². The predicted octanol–water partition coefficient (Wildman–Crippen LogP) is 12.6. The smallest absolute Gasteiger partial charge is 0.164 e. The molecule has 0 amide bonds. The molecule has 1 heterocycles. The van der Waals surface area contributed by atoms with Crippen LogP contribution in [0.2, 0.25) is 0 Å². The molecule has 0 saturated heterocycles. The molecule has 12 rings (SSSR count). The molecular weight excluding hydrogens is 667 g/mol. The summed E-state index contributed by atoms with van der Waals surface area (Å²) in [5, 5.41) is 0. The topological polar surface area (TPSA) is 38.7 Å². The fourth-order valence-corrected chi connectivity index (χ4v) is 11.8. The molecule has 7 aromatic rings. The van der Waals surface area contributed by atoms with Gasteiger partial charge in [0.15, 0.2) is 17.5 Å². The molecule has 268 valence electrons.